The largest absolute Gasteiger partial charge is 0.466 e. The molecular formula is C13H14N2O3. The van der Waals surface area contributed by atoms with Crippen LogP contribution >= 0.6 is 0 Å². The molecule has 2 rings (SSSR count). The number of aromatic nitrogens is 2. The number of carbonyl (C=O) groups is 2. The SMILES string of the molecule is Cc1cc(C(=O)CC(=O)c2ccnn2C)c(C)o1. The van der Waals surface area contributed by atoms with Crippen molar-refractivity contribution >= 4 is 11.6 Å². The molecule has 0 N–H and O–H groups in total. The lowest BCUT2D eigenvalue weighted by molar-refractivity contribution is 0.0888. The Balaban J connectivity index is 2.16. The highest BCUT2D eigenvalue weighted by Crippen LogP contribution is 2.16. The molecular weight excluding hydrogens is 232 g/mol. The molecule has 0 radical (unpaired) electrons. The van der Waals surface area contributed by atoms with E-state index in [1.165, 1.54) is 10.9 Å². The van der Waals surface area contributed by atoms with Crippen molar-refractivity contribution in [1.82, 2.24) is 9.78 Å². The van der Waals surface area contributed by atoms with E-state index in [-0.39, 0.29) is 18.0 Å². The van der Waals surface area contributed by atoms with Crippen molar-refractivity contribution in [2.45, 2.75) is 20.3 Å². The van der Waals surface area contributed by atoms with Crippen LogP contribution in [0.3, 0.4) is 0 Å². The van der Waals surface area contributed by atoms with Gasteiger partial charge in [-0.2, -0.15) is 5.10 Å². The van der Waals surface area contributed by atoms with Gasteiger partial charge in [0.25, 0.3) is 0 Å². The molecule has 0 spiro atoms. The Hall–Kier alpha value is -2.17. The summed E-state index contributed by atoms with van der Waals surface area (Å²) in [4.78, 5) is 23.9. The van der Waals surface area contributed by atoms with Gasteiger partial charge in [0.1, 0.15) is 17.2 Å². The zero-order valence-corrected chi connectivity index (χ0v) is 10.6. The van der Waals surface area contributed by atoms with E-state index in [1.54, 1.807) is 33.0 Å². The number of hydrogen-bond donors (Lipinski definition) is 0. The van der Waals surface area contributed by atoms with Crippen LogP contribution in [0.1, 0.15) is 38.8 Å². The summed E-state index contributed by atoms with van der Waals surface area (Å²) in [6.07, 6.45) is 1.37. The van der Waals surface area contributed by atoms with Gasteiger partial charge in [-0.1, -0.05) is 0 Å². The van der Waals surface area contributed by atoms with Gasteiger partial charge in [0.05, 0.1) is 12.0 Å². The number of furan rings is 1. The van der Waals surface area contributed by atoms with Crippen LogP contribution in [0.5, 0.6) is 0 Å². The Morgan fingerprint density at radius 2 is 2.06 bits per heavy atom. The summed E-state index contributed by atoms with van der Waals surface area (Å²) in [5.74, 6) is 0.757. The summed E-state index contributed by atoms with van der Waals surface area (Å²) in [5.41, 5.74) is 0.907. The second-order valence-electron chi connectivity index (χ2n) is 4.19. The topological polar surface area (TPSA) is 65.1 Å². The molecule has 0 unspecified atom stereocenters. The fraction of sp³-hybridized carbons (Fsp3) is 0.308. The highest BCUT2D eigenvalue weighted by atomic mass is 16.3. The van der Waals surface area contributed by atoms with Gasteiger partial charge in [-0.15, -0.1) is 0 Å². The predicted octanol–water partition coefficient (Wildman–Crippen LogP) is 2.09. The first-order valence-electron chi connectivity index (χ1n) is 5.60. The van der Waals surface area contributed by atoms with E-state index in [4.69, 9.17) is 4.42 Å². The molecule has 0 fully saturated rings. The minimum absolute atomic E-state index is 0.167. The highest BCUT2D eigenvalue weighted by molar-refractivity contribution is 6.13. The van der Waals surface area contributed by atoms with Gasteiger partial charge in [-0.25, -0.2) is 0 Å². The third-order valence-corrected chi connectivity index (χ3v) is 2.77. The first kappa shape index (κ1) is 12.3. The number of nitrogens with zero attached hydrogens (tertiary/aromatic N) is 2. The molecule has 0 bridgehead atoms. The minimum Gasteiger partial charge on any atom is -0.466 e. The van der Waals surface area contributed by atoms with Crippen molar-refractivity contribution in [2.75, 3.05) is 0 Å². The lowest BCUT2D eigenvalue weighted by Crippen LogP contribution is -2.12. The van der Waals surface area contributed by atoms with Gasteiger partial charge in [0.2, 0.25) is 0 Å². The summed E-state index contributed by atoms with van der Waals surface area (Å²) >= 11 is 0. The molecule has 2 aromatic rings. The molecule has 5 heteroatoms. The van der Waals surface area contributed by atoms with Gasteiger partial charge in [-0.05, 0) is 26.0 Å². The van der Waals surface area contributed by atoms with Crippen molar-refractivity contribution in [2.24, 2.45) is 7.05 Å². The maximum Gasteiger partial charge on any atom is 0.188 e. The van der Waals surface area contributed by atoms with E-state index < -0.39 is 0 Å². The van der Waals surface area contributed by atoms with Crippen molar-refractivity contribution in [3.8, 4) is 0 Å². The fourth-order valence-corrected chi connectivity index (χ4v) is 1.89. The summed E-state index contributed by atoms with van der Waals surface area (Å²) in [6, 6.07) is 3.26. The first-order chi connectivity index (χ1) is 8.49. The average molecular weight is 246 g/mol. The van der Waals surface area contributed by atoms with Crippen molar-refractivity contribution < 1.29 is 14.0 Å². The zero-order valence-electron chi connectivity index (χ0n) is 10.6. The Morgan fingerprint density at radius 1 is 1.33 bits per heavy atom. The second-order valence-corrected chi connectivity index (χ2v) is 4.19. The Labute approximate surface area is 104 Å². The summed E-state index contributed by atoms with van der Waals surface area (Å²) < 4.78 is 6.74. The number of aryl methyl sites for hydroxylation is 3. The summed E-state index contributed by atoms with van der Waals surface area (Å²) in [5, 5.41) is 3.91. The molecule has 0 amide bonds. The summed E-state index contributed by atoms with van der Waals surface area (Å²) in [7, 11) is 1.67. The van der Waals surface area contributed by atoms with Crippen LogP contribution in [0.15, 0.2) is 22.7 Å². The molecule has 0 saturated heterocycles. The minimum atomic E-state index is -0.238. The van der Waals surface area contributed by atoms with Crippen molar-refractivity contribution in [3.63, 3.8) is 0 Å². The normalized spacial score (nSPS) is 10.6. The van der Waals surface area contributed by atoms with Crippen LogP contribution in [0.4, 0.5) is 0 Å². The Kier molecular flexibility index (Phi) is 3.14. The average Bonchev–Trinajstić information content (AvgIpc) is 2.84. The highest BCUT2D eigenvalue weighted by Gasteiger charge is 2.19. The van der Waals surface area contributed by atoms with E-state index in [2.05, 4.69) is 5.10 Å². The molecule has 0 aromatic carbocycles. The van der Waals surface area contributed by atoms with Crippen LogP contribution in [-0.2, 0) is 7.05 Å². The third kappa shape index (κ3) is 2.25. The van der Waals surface area contributed by atoms with Gasteiger partial charge in [-0.3, -0.25) is 14.3 Å². The monoisotopic (exact) mass is 246 g/mol. The Bertz CT molecular complexity index is 608. The molecule has 0 atom stereocenters. The lowest BCUT2D eigenvalue weighted by atomic mass is 10.1. The molecule has 2 aromatic heterocycles. The molecule has 2 heterocycles. The Morgan fingerprint density at radius 3 is 2.56 bits per heavy atom. The molecule has 94 valence electrons. The molecule has 0 aliphatic heterocycles. The standard InChI is InChI=1S/C13H14N2O3/c1-8-6-10(9(2)18-8)12(16)7-13(17)11-4-5-14-15(11)3/h4-6H,7H2,1-3H3. The smallest absolute Gasteiger partial charge is 0.188 e. The van der Waals surface area contributed by atoms with E-state index in [1.807, 2.05) is 0 Å². The summed E-state index contributed by atoms with van der Waals surface area (Å²) in [6.45, 7) is 3.49. The van der Waals surface area contributed by atoms with Crippen LogP contribution in [0.2, 0.25) is 0 Å². The van der Waals surface area contributed by atoms with Gasteiger partial charge in [0.15, 0.2) is 11.6 Å². The second kappa shape index (κ2) is 4.60. The third-order valence-electron chi connectivity index (χ3n) is 2.77. The van der Waals surface area contributed by atoms with Gasteiger partial charge in [0, 0.05) is 13.2 Å². The predicted molar refractivity (Wildman–Crippen MR) is 64.7 cm³/mol. The number of carbonyl (C=O) groups excluding carboxylic acids is 2. The maximum atomic E-state index is 12.0. The van der Waals surface area contributed by atoms with Gasteiger partial charge < -0.3 is 4.42 Å². The van der Waals surface area contributed by atoms with E-state index in [9.17, 15) is 9.59 Å². The molecule has 18 heavy (non-hydrogen) atoms. The van der Waals surface area contributed by atoms with Gasteiger partial charge >= 0.3 is 0 Å². The molecule has 0 saturated carbocycles. The molecule has 5 nitrogen and oxygen atoms in total. The van der Waals surface area contributed by atoms with Crippen LogP contribution < -0.4 is 0 Å². The fourth-order valence-electron chi connectivity index (χ4n) is 1.89. The molecule has 0 aliphatic rings. The van der Waals surface area contributed by atoms with E-state index >= 15 is 0 Å². The maximum absolute atomic E-state index is 12.0. The van der Waals surface area contributed by atoms with E-state index in [0.29, 0.717) is 22.8 Å². The van der Waals surface area contributed by atoms with Crippen molar-refractivity contribution in [1.29, 1.82) is 0 Å². The first-order valence-corrected chi connectivity index (χ1v) is 5.60. The van der Waals surface area contributed by atoms with Crippen molar-refractivity contribution in [3.05, 3.63) is 41.1 Å². The number of ketones is 2. The lowest BCUT2D eigenvalue weighted by Gasteiger charge is -2.00. The van der Waals surface area contributed by atoms with E-state index in [0.717, 1.165) is 0 Å². The number of Topliss-reactive ketones (excluding diaryl/α,β-unsaturated/α-hetero) is 2. The van der Waals surface area contributed by atoms with Crippen LogP contribution in [-0.4, -0.2) is 21.3 Å². The number of rotatable bonds is 4. The molecule has 0 aliphatic carbocycles. The quantitative estimate of drug-likeness (QED) is 0.612. The zero-order chi connectivity index (χ0) is 13.3. The van der Waals surface area contributed by atoms with Crippen LogP contribution in [0.25, 0.3) is 0 Å². The van der Waals surface area contributed by atoms with Crippen LogP contribution in [0, 0.1) is 13.8 Å². The number of hydrogen-bond acceptors (Lipinski definition) is 4.